The Hall–Kier alpha value is -1.95. The van der Waals surface area contributed by atoms with Crippen molar-refractivity contribution in [2.45, 2.75) is 6.92 Å². The zero-order chi connectivity index (χ0) is 13.8. The molecule has 0 spiro atoms. The second kappa shape index (κ2) is 5.79. The van der Waals surface area contributed by atoms with Crippen molar-refractivity contribution in [1.82, 2.24) is 5.32 Å². The number of hydrogen-bond acceptors (Lipinski definition) is 4. The van der Waals surface area contributed by atoms with E-state index >= 15 is 0 Å². The number of rotatable bonds is 3. The van der Waals surface area contributed by atoms with Crippen molar-refractivity contribution in [3.8, 4) is 0 Å². The molecule has 0 aromatic heterocycles. The van der Waals surface area contributed by atoms with E-state index in [9.17, 15) is 14.0 Å². The van der Waals surface area contributed by atoms with E-state index in [0.717, 1.165) is 26.2 Å². The first kappa shape index (κ1) is 13.5. The minimum atomic E-state index is -0.741. The second-order valence-electron chi connectivity index (χ2n) is 4.41. The van der Waals surface area contributed by atoms with E-state index in [2.05, 4.69) is 10.6 Å². The van der Waals surface area contributed by atoms with Gasteiger partial charge in [0.05, 0.1) is 5.69 Å². The van der Waals surface area contributed by atoms with E-state index in [1.165, 1.54) is 13.0 Å². The number of carbonyl (C=O) groups excluding carboxylic acids is 2. The summed E-state index contributed by atoms with van der Waals surface area (Å²) in [6.07, 6.45) is 0. The smallest absolute Gasteiger partial charge is 0.291 e. The molecule has 1 fully saturated rings. The summed E-state index contributed by atoms with van der Waals surface area (Å²) in [6, 6.07) is 4.45. The van der Waals surface area contributed by atoms with Crippen molar-refractivity contribution in [3.05, 3.63) is 24.0 Å². The largest absolute Gasteiger partial charge is 0.367 e. The van der Waals surface area contributed by atoms with Gasteiger partial charge in [0.15, 0.2) is 0 Å². The number of nitrogens with one attached hydrogen (secondary N) is 2. The van der Waals surface area contributed by atoms with Crippen LogP contribution in [0.2, 0.25) is 0 Å². The molecule has 0 atom stereocenters. The van der Waals surface area contributed by atoms with E-state index in [4.69, 9.17) is 0 Å². The summed E-state index contributed by atoms with van der Waals surface area (Å²) in [5, 5.41) is 5.55. The first-order chi connectivity index (χ1) is 9.08. The Morgan fingerprint density at radius 3 is 2.58 bits per heavy atom. The zero-order valence-corrected chi connectivity index (χ0v) is 10.7. The second-order valence-corrected chi connectivity index (χ2v) is 4.41. The highest BCUT2D eigenvalue weighted by Crippen LogP contribution is 2.23. The van der Waals surface area contributed by atoms with Crippen LogP contribution in [-0.4, -0.2) is 37.9 Å². The number of nitrogens with zero attached hydrogens (tertiary/aromatic N) is 1. The maximum Gasteiger partial charge on any atom is 0.291 e. The van der Waals surface area contributed by atoms with Gasteiger partial charge >= 0.3 is 0 Å². The molecule has 0 bridgehead atoms. The molecule has 1 heterocycles. The fourth-order valence-corrected chi connectivity index (χ4v) is 1.97. The van der Waals surface area contributed by atoms with Crippen LogP contribution in [-0.2, 0) is 9.59 Å². The summed E-state index contributed by atoms with van der Waals surface area (Å²) in [5.74, 6) is -1.75. The zero-order valence-electron chi connectivity index (χ0n) is 10.7. The maximum absolute atomic E-state index is 14.0. The molecule has 0 unspecified atom stereocenters. The Bertz CT molecular complexity index is 499. The SMILES string of the molecule is CC(=O)C(=O)Nc1ccc(N2CCNCC2)c(F)c1. The first-order valence-electron chi connectivity index (χ1n) is 6.15. The number of Topliss-reactive ketones (excluding diaryl/α,β-unsaturated/α-hetero) is 1. The summed E-state index contributed by atoms with van der Waals surface area (Å²) in [4.78, 5) is 24.0. The van der Waals surface area contributed by atoms with E-state index < -0.39 is 17.5 Å². The third kappa shape index (κ3) is 3.29. The van der Waals surface area contributed by atoms with Crippen molar-refractivity contribution in [2.24, 2.45) is 0 Å². The number of piperazine rings is 1. The minimum Gasteiger partial charge on any atom is -0.367 e. The number of benzene rings is 1. The fraction of sp³-hybridized carbons (Fsp3) is 0.385. The number of hydrogen-bond donors (Lipinski definition) is 2. The average Bonchev–Trinajstić information content (AvgIpc) is 2.39. The van der Waals surface area contributed by atoms with Gasteiger partial charge in [-0.25, -0.2) is 4.39 Å². The summed E-state index contributed by atoms with van der Waals surface area (Å²) < 4.78 is 14.0. The van der Waals surface area contributed by atoms with Crippen LogP contribution in [0.3, 0.4) is 0 Å². The lowest BCUT2D eigenvalue weighted by atomic mass is 10.2. The van der Waals surface area contributed by atoms with Crippen LogP contribution in [0, 0.1) is 5.82 Å². The summed E-state index contributed by atoms with van der Waals surface area (Å²) >= 11 is 0. The number of halogens is 1. The first-order valence-corrected chi connectivity index (χ1v) is 6.15. The highest BCUT2D eigenvalue weighted by atomic mass is 19.1. The van der Waals surface area contributed by atoms with Crippen molar-refractivity contribution in [1.29, 1.82) is 0 Å². The van der Waals surface area contributed by atoms with Gasteiger partial charge in [-0.1, -0.05) is 0 Å². The lowest BCUT2D eigenvalue weighted by Crippen LogP contribution is -2.43. The number of anilines is 2. The number of amides is 1. The van der Waals surface area contributed by atoms with Gasteiger partial charge in [0, 0.05) is 38.8 Å². The van der Waals surface area contributed by atoms with E-state index in [0.29, 0.717) is 5.69 Å². The quantitative estimate of drug-likeness (QED) is 0.792. The van der Waals surface area contributed by atoms with Crippen LogP contribution in [0.5, 0.6) is 0 Å². The van der Waals surface area contributed by atoms with Crippen molar-refractivity contribution < 1.29 is 14.0 Å². The Morgan fingerprint density at radius 2 is 2.00 bits per heavy atom. The third-order valence-corrected chi connectivity index (χ3v) is 2.98. The Kier molecular flexibility index (Phi) is 4.11. The molecule has 0 aliphatic carbocycles. The molecule has 2 rings (SSSR count). The Balaban J connectivity index is 2.12. The summed E-state index contributed by atoms with van der Waals surface area (Å²) in [5.41, 5.74) is 0.805. The minimum absolute atomic E-state index is 0.289. The van der Waals surface area contributed by atoms with E-state index in [-0.39, 0.29) is 5.69 Å². The average molecular weight is 265 g/mol. The lowest BCUT2D eigenvalue weighted by molar-refractivity contribution is -0.133. The molecule has 2 N–H and O–H groups in total. The molecule has 1 aromatic carbocycles. The predicted octanol–water partition coefficient (Wildman–Crippen LogP) is 0.763. The topological polar surface area (TPSA) is 61.4 Å². The monoisotopic (exact) mass is 265 g/mol. The van der Waals surface area contributed by atoms with Crippen molar-refractivity contribution in [3.63, 3.8) is 0 Å². The standard InChI is InChI=1S/C13H16FN3O2/c1-9(18)13(19)16-10-2-3-12(11(14)8-10)17-6-4-15-5-7-17/h2-3,8,15H,4-7H2,1H3,(H,16,19). The van der Waals surface area contributed by atoms with Gasteiger partial charge in [-0.05, 0) is 18.2 Å². The molecule has 1 saturated heterocycles. The molecule has 1 aliphatic rings. The molecule has 1 aliphatic heterocycles. The number of ketones is 1. The van der Waals surface area contributed by atoms with Gasteiger partial charge in [0.25, 0.3) is 5.91 Å². The molecular formula is C13H16FN3O2. The molecule has 0 saturated carbocycles. The van der Waals surface area contributed by atoms with Crippen LogP contribution < -0.4 is 15.5 Å². The molecule has 0 radical (unpaired) electrons. The van der Waals surface area contributed by atoms with Gasteiger partial charge in [-0.15, -0.1) is 0 Å². The van der Waals surface area contributed by atoms with Crippen LogP contribution in [0.15, 0.2) is 18.2 Å². The third-order valence-electron chi connectivity index (χ3n) is 2.98. The molecule has 1 aromatic rings. The van der Waals surface area contributed by atoms with E-state index in [1.807, 2.05) is 4.90 Å². The van der Waals surface area contributed by atoms with Gasteiger partial charge < -0.3 is 15.5 Å². The van der Waals surface area contributed by atoms with Gasteiger partial charge in [0.1, 0.15) is 5.82 Å². The van der Waals surface area contributed by atoms with Gasteiger partial charge in [0.2, 0.25) is 5.78 Å². The highest BCUT2D eigenvalue weighted by molar-refractivity contribution is 6.39. The van der Waals surface area contributed by atoms with E-state index in [1.54, 1.807) is 12.1 Å². The maximum atomic E-state index is 14.0. The lowest BCUT2D eigenvalue weighted by Gasteiger charge is -2.29. The highest BCUT2D eigenvalue weighted by Gasteiger charge is 2.15. The molecule has 102 valence electrons. The van der Waals surface area contributed by atoms with Crippen LogP contribution in [0.4, 0.5) is 15.8 Å². The normalized spacial score (nSPS) is 15.2. The van der Waals surface area contributed by atoms with Crippen LogP contribution >= 0.6 is 0 Å². The summed E-state index contributed by atoms with van der Waals surface area (Å²) in [7, 11) is 0. The molecule has 1 amide bonds. The predicted molar refractivity (Wildman–Crippen MR) is 70.8 cm³/mol. The molecular weight excluding hydrogens is 249 g/mol. The van der Waals surface area contributed by atoms with Gasteiger partial charge in [-0.2, -0.15) is 0 Å². The summed E-state index contributed by atoms with van der Waals surface area (Å²) in [6.45, 7) is 4.30. The Morgan fingerprint density at radius 1 is 1.32 bits per heavy atom. The molecule has 5 nitrogen and oxygen atoms in total. The van der Waals surface area contributed by atoms with Gasteiger partial charge in [-0.3, -0.25) is 9.59 Å². The number of carbonyl (C=O) groups is 2. The molecule has 6 heteroatoms. The Labute approximate surface area is 110 Å². The van der Waals surface area contributed by atoms with Crippen molar-refractivity contribution in [2.75, 3.05) is 36.4 Å². The van der Waals surface area contributed by atoms with Crippen LogP contribution in [0.25, 0.3) is 0 Å². The fourth-order valence-electron chi connectivity index (χ4n) is 1.97. The van der Waals surface area contributed by atoms with Crippen LogP contribution in [0.1, 0.15) is 6.92 Å². The van der Waals surface area contributed by atoms with Crippen molar-refractivity contribution >= 4 is 23.1 Å². The molecule has 19 heavy (non-hydrogen) atoms.